The number of hydrogen-bond donors (Lipinski definition) is 1. The predicted molar refractivity (Wildman–Crippen MR) is 128 cm³/mol. The third-order valence-corrected chi connectivity index (χ3v) is 6.69. The number of carbonyl (C=O) groups is 2. The van der Waals surface area contributed by atoms with Gasteiger partial charge in [-0.15, -0.1) is 0 Å². The molecule has 0 aliphatic heterocycles. The molecule has 32 heavy (non-hydrogen) atoms. The summed E-state index contributed by atoms with van der Waals surface area (Å²) in [7, 11) is -0.918. The van der Waals surface area contributed by atoms with Crippen LogP contribution in [0.2, 0.25) is 5.02 Å². The maximum Gasteiger partial charge on any atom is 0.244 e. The highest BCUT2D eigenvalue weighted by Crippen LogP contribution is 2.30. The number of amides is 2. The fourth-order valence-corrected chi connectivity index (χ4v) is 4.59. The SMILES string of the molecule is CNC(=O)[C@@H](C)N(Cc1cccc(Br)c1)C(=O)CN(c1ccc(OC)c(Cl)c1)S(C)(=O)=O. The van der Waals surface area contributed by atoms with Gasteiger partial charge in [0.15, 0.2) is 0 Å². The highest BCUT2D eigenvalue weighted by molar-refractivity contribution is 9.10. The van der Waals surface area contributed by atoms with E-state index in [1.54, 1.807) is 6.92 Å². The molecule has 2 amide bonds. The molecule has 0 bridgehead atoms. The van der Waals surface area contributed by atoms with Gasteiger partial charge in [0.25, 0.3) is 0 Å². The Hall–Kier alpha value is -2.30. The van der Waals surface area contributed by atoms with Crippen LogP contribution in [-0.4, -0.2) is 58.1 Å². The Kier molecular flexibility index (Phi) is 8.94. The number of carbonyl (C=O) groups excluding carboxylic acids is 2. The lowest BCUT2D eigenvalue weighted by molar-refractivity contribution is -0.139. The molecule has 0 fully saturated rings. The zero-order valence-electron chi connectivity index (χ0n) is 18.1. The van der Waals surface area contributed by atoms with Crippen LogP contribution in [0, 0.1) is 0 Å². The van der Waals surface area contributed by atoms with Gasteiger partial charge in [-0.25, -0.2) is 8.42 Å². The molecule has 2 aromatic carbocycles. The Morgan fingerprint density at radius 3 is 2.44 bits per heavy atom. The van der Waals surface area contributed by atoms with Crippen molar-refractivity contribution in [3.8, 4) is 5.75 Å². The number of likely N-dealkylation sites (N-methyl/N-ethyl adjacent to an activating group) is 1. The van der Waals surface area contributed by atoms with Gasteiger partial charge in [-0.1, -0.05) is 39.7 Å². The first-order chi connectivity index (χ1) is 15.0. The van der Waals surface area contributed by atoms with Gasteiger partial charge in [-0.3, -0.25) is 13.9 Å². The summed E-state index contributed by atoms with van der Waals surface area (Å²) < 4.78 is 31.9. The van der Waals surface area contributed by atoms with Crippen LogP contribution in [-0.2, 0) is 26.2 Å². The minimum Gasteiger partial charge on any atom is -0.495 e. The van der Waals surface area contributed by atoms with Crippen LogP contribution in [0.5, 0.6) is 5.75 Å². The number of ether oxygens (including phenoxy) is 1. The van der Waals surface area contributed by atoms with Crippen molar-refractivity contribution in [1.29, 1.82) is 0 Å². The first kappa shape index (κ1) is 26.0. The van der Waals surface area contributed by atoms with E-state index in [9.17, 15) is 18.0 Å². The van der Waals surface area contributed by atoms with Crippen LogP contribution >= 0.6 is 27.5 Å². The Morgan fingerprint density at radius 2 is 1.91 bits per heavy atom. The lowest BCUT2D eigenvalue weighted by atomic mass is 10.1. The smallest absolute Gasteiger partial charge is 0.244 e. The molecule has 0 spiro atoms. The third kappa shape index (κ3) is 6.60. The molecule has 0 heterocycles. The second-order valence-electron chi connectivity index (χ2n) is 7.03. The Balaban J connectivity index is 2.41. The lowest BCUT2D eigenvalue weighted by Crippen LogP contribution is -2.50. The molecular weight excluding hydrogens is 522 g/mol. The highest BCUT2D eigenvalue weighted by atomic mass is 79.9. The topological polar surface area (TPSA) is 96.0 Å². The molecule has 2 aromatic rings. The van der Waals surface area contributed by atoms with Gasteiger partial charge in [-0.05, 0) is 42.8 Å². The van der Waals surface area contributed by atoms with Crippen molar-refractivity contribution in [3.63, 3.8) is 0 Å². The number of nitrogens with zero attached hydrogens (tertiary/aromatic N) is 2. The van der Waals surface area contributed by atoms with Gasteiger partial charge in [0.2, 0.25) is 21.8 Å². The van der Waals surface area contributed by atoms with Crippen molar-refractivity contribution in [1.82, 2.24) is 10.2 Å². The summed E-state index contributed by atoms with van der Waals surface area (Å²) in [6, 6.07) is 10.9. The van der Waals surface area contributed by atoms with Crippen molar-refractivity contribution in [2.45, 2.75) is 19.5 Å². The van der Waals surface area contributed by atoms with E-state index in [1.807, 2.05) is 24.3 Å². The van der Waals surface area contributed by atoms with Crippen LogP contribution in [0.15, 0.2) is 46.9 Å². The minimum absolute atomic E-state index is 0.119. The number of halogens is 2. The summed E-state index contributed by atoms with van der Waals surface area (Å²) in [4.78, 5) is 26.9. The molecular formula is C21H25BrClN3O5S. The molecule has 174 valence electrons. The second kappa shape index (κ2) is 11.0. The van der Waals surface area contributed by atoms with Gasteiger partial charge < -0.3 is 15.0 Å². The van der Waals surface area contributed by atoms with Crippen LogP contribution in [0.4, 0.5) is 5.69 Å². The zero-order chi connectivity index (χ0) is 24.1. The molecule has 0 radical (unpaired) electrons. The monoisotopic (exact) mass is 545 g/mol. The van der Waals surface area contributed by atoms with Crippen LogP contribution < -0.4 is 14.4 Å². The van der Waals surface area contributed by atoms with E-state index in [-0.39, 0.29) is 23.2 Å². The fraction of sp³-hybridized carbons (Fsp3) is 0.333. The predicted octanol–water partition coefficient (Wildman–Crippen LogP) is 3.04. The van der Waals surface area contributed by atoms with Crippen molar-refractivity contribution in [3.05, 3.63) is 57.5 Å². The van der Waals surface area contributed by atoms with Gasteiger partial charge in [0, 0.05) is 18.1 Å². The average Bonchev–Trinajstić information content (AvgIpc) is 2.73. The van der Waals surface area contributed by atoms with E-state index < -0.39 is 28.5 Å². The van der Waals surface area contributed by atoms with Crippen LogP contribution in [0.25, 0.3) is 0 Å². The number of methoxy groups -OCH3 is 1. The number of benzene rings is 2. The van der Waals surface area contributed by atoms with Crippen molar-refractivity contribution >= 4 is 55.1 Å². The number of nitrogens with one attached hydrogen (secondary N) is 1. The van der Waals surface area contributed by atoms with Crippen molar-refractivity contribution < 1.29 is 22.7 Å². The maximum atomic E-state index is 13.3. The quantitative estimate of drug-likeness (QED) is 0.522. The summed E-state index contributed by atoms with van der Waals surface area (Å²) in [5, 5.41) is 2.73. The number of anilines is 1. The molecule has 0 aliphatic carbocycles. The molecule has 0 saturated carbocycles. The molecule has 8 nitrogen and oxygen atoms in total. The first-order valence-corrected chi connectivity index (χ1v) is 12.6. The van der Waals surface area contributed by atoms with E-state index in [0.717, 1.165) is 20.6 Å². The molecule has 0 saturated heterocycles. The molecule has 0 aromatic heterocycles. The van der Waals surface area contributed by atoms with E-state index in [2.05, 4.69) is 21.2 Å². The normalized spacial score (nSPS) is 12.1. The molecule has 1 atom stereocenters. The number of sulfonamides is 1. The van der Waals surface area contributed by atoms with E-state index in [1.165, 1.54) is 37.3 Å². The van der Waals surface area contributed by atoms with Crippen LogP contribution in [0.3, 0.4) is 0 Å². The standard InChI is InChI=1S/C21H25BrClN3O5S/c1-14(21(28)24-2)25(12-15-6-5-7-16(22)10-15)20(27)13-26(32(4,29)30)17-8-9-19(31-3)18(23)11-17/h5-11,14H,12-13H2,1-4H3,(H,24,28)/t14-/m1/s1. The van der Waals surface area contributed by atoms with Crippen molar-refractivity contribution in [2.24, 2.45) is 0 Å². The molecule has 0 aliphatic rings. The van der Waals surface area contributed by atoms with Gasteiger partial charge in [0.1, 0.15) is 18.3 Å². The summed E-state index contributed by atoms with van der Waals surface area (Å²) >= 11 is 9.55. The lowest BCUT2D eigenvalue weighted by Gasteiger charge is -2.31. The first-order valence-electron chi connectivity index (χ1n) is 9.54. The van der Waals surface area contributed by atoms with Gasteiger partial charge >= 0.3 is 0 Å². The number of rotatable bonds is 9. The second-order valence-corrected chi connectivity index (χ2v) is 10.3. The summed E-state index contributed by atoms with van der Waals surface area (Å²) in [5.74, 6) is -0.537. The Morgan fingerprint density at radius 1 is 1.22 bits per heavy atom. The van der Waals surface area contributed by atoms with Crippen molar-refractivity contribution in [2.75, 3.05) is 31.3 Å². The van der Waals surface area contributed by atoms with Gasteiger partial charge in [-0.2, -0.15) is 0 Å². The molecule has 2 rings (SSSR count). The number of hydrogen-bond acceptors (Lipinski definition) is 5. The Labute approximate surface area is 201 Å². The summed E-state index contributed by atoms with van der Waals surface area (Å²) in [6.45, 7) is 1.20. The minimum atomic E-state index is -3.84. The van der Waals surface area contributed by atoms with E-state index in [0.29, 0.717) is 5.75 Å². The largest absolute Gasteiger partial charge is 0.495 e. The zero-order valence-corrected chi connectivity index (χ0v) is 21.3. The van der Waals surface area contributed by atoms with E-state index in [4.69, 9.17) is 16.3 Å². The van der Waals surface area contributed by atoms with Gasteiger partial charge in [0.05, 0.1) is 24.1 Å². The Bertz CT molecular complexity index is 1100. The summed E-state index contributed by atoms with van der Waals surface area (Å²) in [5.41, 5.74) is 0.989. The molecule has 1 N–H and O–H groups in total. The van der Waals surface area contributed by atoms with Crippen LogP contribution in [0.1, 0.15) is 12.5 Å². The third-order valence-electron chi connectivity index (χ3n) is 4.76. The maximum absolute atomic E-state index is 13.3. The molecule has 11 heteroatoms. The average molecular weight is 547 g/mol. The highest BCUT2D eigenvalue weighted by Gasteiger charge is 2.30. The summed E-state index contributed by atoms with van der Waals surface area (Å²) in [6.07, 6.45) is 0.999. The fourth-order valence-electron chi connectivity index (χ4n) is 3.05. The molecule has 0 unspecified atom stereocenters. The van der Waals surface area contributed by atoms with E-state index >= 15 is 0 Å².